The van der Waals surface area contributed by atoms with Crippen molar-refractivity contribution in [2.45, 2.75) is 51.3 Å². The van der Waals surface area contributed by atoms with Gasteiger partial charge in [0.05, 0.1) is 5.02 Å². The van der Waals surface area contributed by atoms with Crippen LogP contribution in [0.15, 0.2) is 17.1 Å². The molecule has 0 bridgehead atoms. The molecule has 0 saturated heterocycles. The zero-order valence-electron chi connectivity index (χ0n) is 15.5. The Morgan fingerprint density at radius 2 is 2.00 bits per heavy atom. The minimum Gasteiger partial charge on any atom is -0.433 e. The number of hydrogen-bond acceptors (Lipinski definition) is 3. The third-order valence-electron chi connectivity index (χ3n) is 4.33. The maximum Gasteiger partial charge on any atom is 0.387 e. The van der Waals surface area contributed by atoms with E-state index in [-0.39, 0.29) is 29.3 Å². The molecule has 1 amide bonds. The molecule has 6 nitrogen and oxygen atoms in total. The van der Waals surface area contributed by atoms with Crippen molar-refractivity contribution in [1.82, 2.24) is 16.0 Å². The molecule has 0 aromatic heterocycles. The molecular formula is C18H24Cl2F2N4O2. The Morgan fingerprint density at radius 3 is 2.64 bits per heavy atom. The van der Waals surface area contributed by atoms with Crippen molar-refractivity contribution in [1.29, 1.82) is 0 Å². The number of halogens is 4. The number of nitrogens with one attached hydrogen (secondary N) is 3. The number of hydrogen-bond donors (Lipinski definition) is 3. The van der Waals surface area contributed by atoms with Gasteiger partial charge in [-0.15, -0.1) is 0 Å². The summed E-state index contributed by atoms with van der Waals surface area (Å²) < 4.78 is 29.7. The van der Waals surface area contributed by atoms with Gasteiger partial charge in [-0.2, -0.15) is 8.78 Å². The van der Waals surface area contributed by atoms with Crippen molar-refractivity contribution < 1.29 is 18.3 Å². The lowest BCUT2D eigenvalue weighted by Gasteiger charge is -2.16. The Morgan fingerprint density at radius 1 is 1.29 bits per heavy atom. The molecule has 1 fully saturated rings. The van der Waals surface area contributed by atoms with Crippen LogP contribution in [0.4, 0.5) is 8.78 Å². The number of carbonyl (C=O) groups is 1. The monoisotopic (exact) mass is 436 g/mol. The summed E-state index contributed by atoms with van der Waals surface area (Å²) >= 11 is 11.9. The number of ether oxygens (including phenoxy) is 1. The van der Waals surface area contributed by atoms with E-state index >= 15 is 0 Å². The third kappa shape index (κ3) is 7.31. The number of alkyl halides is 2. The summed E-state index contributed by atoms with van der Waals surface area (Å²) in [6.45, 7) is -2.51. The van der Waals surface area contributed by atoms with E-state index < -0.39 is 6.61 Å². The molecule has 1 aliphatic rings. The fourth-order valence-corrected chi connectivity index (χ4v) is 3.61. The van der Waals surface area contributed by atoms with Crippen LogP contribution in [0.1, 0.15) is 37.7 Å². The molecular weight excluding hydrogens is 413 g/mol. The highest BCUT2D eigenvalue weighted by atomic mass is 35.5. The largest absolute Gasteiger partial charge is 0.433 e. The van der Waals surface area contributed by atoms with Crippen LogP contribution in [0.3, 0.4) is 0 Å². The Balaban J connectivity index is 1.84. The first-order valence-electron chi connectivity index (χ1n) is 9.05. The van der Waals surface area contributed by atoms with Gasteiger partial charge < -0.3 is 20.7 Å². The molecule has 28 heavy (non-hydrogen) atoms. The second-order valence-electron chi connectivity index (χ2n) is 6.41. The number of nitrogens with zero attached hydrogens (tertiary/aromatic N) is 1. The van der Waals surface area contributed by atoms with E-state index in [0.717, 1.165) is 25.7 Å². The minimum atomic E-state index is -3.01. The fourth-order valence-electron chi connectivity index (χ4n) is 3.03. The van der Waals surface area contributed by atoms with E-state index in [0.29, 0.717) is 29.5 Å². The fraction of sp³-hybridized carbons (Fsp3) is 0.556. The zero-order chi connectivity index (χ0) is 20.5. The molecule has 0 spiro atoms. The minimum absolute atomic E-state index is 0.00358. The molecule has 0 aliphatic heterocycles. The van der Waals surface area contributed by atoms with E-state index in [1.54, 1.807) is 7.05 Å². The second-order valence-corrected chi connectivity index (χ2v) is 7.25. The van der Waals surface area contributed by atoms with Gasteiger partial charge in [0, 0.05) is 43.2 Å². The molecule has 1 aromatic carbocycles. The van der Waals surface area contributed by atoms with Gasteiger partial charge >= 0.3 is 6.61 Å². The Labute approximate surface area is 173 Å². The topological polar surface area (TPSA) is 74.8 Å². The first-order valence-corrected chi connectivity index (χ1v) is 9.81. The summed E-state index contributed by atoms with van der Waals surface area (Å²) in [7, 11) is 1.56. The highest BCUT2D eigenvalue weighted by Crippen LogP contribution is 2.33. The van der Waals surface area contributed by atoms with Gasteiger partial charge in [-0.3, -0.25) is 9.79 Å². The lowest BCUT2D eigenvalue weighted by molar-refractivity contribution is -0.121. The van der Waals surface area contributed by atoms with Gasteiger partial charge in [0.1, 0.15) is 5.75 Å². The molecule has 0 unspecified atom stereocenters. The van der Waals surface area contributed by atoms with E-state index in [1.165, 1.54) is 12.1 Å². The third-order valence-corrected chi connectivity index (χ3v) is 4.83. The molecule has 2 rings (SSSR count). The SMILES string of the molecule is CN=C(NCCC(=O)NC1CCCC1)NCc1cc(Cl)cc(Cl)c1OC(F)F. The molecule has 1 aliphatic carbocycles. The Hall–Kier alpha value is -1.80. The van der Waals surface area contributed by atoms with E-state index in [9.17, 15) is 13.6 Å². The summed E-state index contributed by atoms with van der Waals surface area (Å²) in [5.41, 5.74) is 0.361. The number of carbonyl (C=O) groups excluding carboxylic acids is 1. The summed E-state index contributed by atoms with van der Waals surface area (Å²) in [6, 6.07) is 3.10. The molecule has 1 aromatic rings. The summed E-state index contributed by atoms with van der Waals surface area (Å²) in [5, 5.41) is 9.28. The average Bonchev–Trinajstić information content (AvgIpc) is 3.13. The maximum atomic E-state index is 12.6. The van der Waals surface area contributed by atoms with Crippen LogP contribution in [0.25, 0.3) is 0 Å². The average molecular weight is 437 g/mol. The van der Waals surface area contributed by atoms with Gasteiger partial charge in [0.25, 0.3) is 0 Å². The molecule has 0 heterocycles. The second kappa shape index (κ2) is 11.3. The molecule has 10 heteroatoms. The molecule has 0 atom stereocenters. The quantitative estimate of drug-likeness (QED) is 0.428. The smallest absolute Gasteiger partial charge is 0.387 e. The van der Waals surface area contributed by atoms with Crippen LogP contribution in [0.5, 0.6) is 5.75 Å². The number of amides is 1. The molecule has 3 N–H and O–H groups in total. The van der Waals surface area contributed by atoms with Gasteiger partial charge in [0.15, 0.2) is 5.96 Å². The van der Waals surface area contributed by atoms with Crippen molar-refractivity contribution in [3.8, 4) is 5.75 Å². The predicted molar refractivity (Wildman–Crippen MR) is 106 cm³/mol. The van der Waals surface area contributed by atoms with Crippen molar-refractivity contribution in [3.05, 3.63) is 27.7 Å². The lowest BCUT2D eigenvalue weighted by Crippen LogP contribution is -2.40. The highest BCUT2D eigenvalue weighted by Gasteiger charge is 2.17. The van der Waals surface area contributed by atoms with Gasteiger partial charge in [-0.25, -0.2) is 0 Å². The zero-order valence-corrected chi connectivity index (χ0v) is 17.0. The normalized spacial score (nSPS) is 15.0. The first-order chi connectivity index (χ1) is 13.4. The summed E-state index contributed by atoms with van der Waals surface area (Å²) in [4.78, 5) is 16.0. The van der Waals surface area contributed by atoms with Crippen molar-refractivity contribution in [3.63, 3.8) is 0 Å². The number of aliphatic imine (C=N–C) groups is 1. The number of guanidine groups is 1. The Bertz CT molecular complexity index is 698. The van der Waals surface area contributed by atoms with Crippen LogP contribution < -0.4 is 20.7 Å². The van der Waals surface area contributed by atoms with Crippen LogP contribution in [0, 0.1) is 0 Å². The number of rotatable bonds is 8. The van der Waals surface area contributed by atoms with Gasteiger partial charge in [-0.05, 0) is 25.0 Å². The van der Waals surface area contributed by atoms with E-state index in [2.05, 4.69) is 25.7 Å². The van der Waals surface area contributed by atoms with E-state index in [1.807, 2.05) is 0 Å². The predicted octanol–water partition coefficient (Wildman–Crippen LogP) is 3.71. The summed E-state index contributed by atoms with van der Waals surface area (Å²) in [5.74, 6) is 0.261. The van der Waals surface area contributed by atoms with Gasteiger partial charge in [0.2, 0.25) is 5.91 Å². The maximum absolute atomic E-state index is 12.6. The highest BCUT2D eigenvalue weighted by molar-refractivity contribution is 6.35. The van der Waals surface area contributed by atoms with Crippen molar-refractivity contribution in [2.75, 3.05) is 13.6 Å². The molecule has 156 valence electrons. The van der Waals surface area contributed by atoms with E-state index in [4.69, 9.17) is 23.2 Å². The van der Waals surface area contributed by atoms with Crippen LogP contribution >= 0.6 is 23.2 Å². The molecule has 0 radical (unpaired) electrons. The number of benzene rings is 1. The standard InChI is InChI=1S/C18H24Cl2F2N4O2/c1-23-18(24-7-6-15(27)26-13-4-2-3-5-13)25-10-11-8-12(19)9-14(20)16(11)28-17(21)22/h8-9,13,17H,2-7,10H2,1H3,(H,26,27)(H2,23,24,25). The van der Waals surface area contributed by atoms with Crippen LogP contribution in [-0.4, -0.2) is 38.1 Å². The van der Waals surface area contributed by atoms with Crippen molar-refractivity contribution >= 4 is 35.1 Å². The molecule has 1 saturated carbocycles. The summed E-state index contributed by atoms with van der Waals surface area (Å²) in [6.07, 6.45) is 4.69. The van der Waals surface area contributed by atoms with Crippen molar-refractivity contribution in [2.24, 2.45) is 4.99 Å². The van der Waals surface area contributed by atoms with Crippen LogP contribution in [-0.2, 0) is 11.3 Å². The first kappa shape index (κ1) is 22.5. The Kier molecular flexibility index (Phi) is 9.05. The lowest BCUT2D eigenvalue weighted by atomic mass is 10.2. The van der Waals surface area contributed by atoms with Gasteiger partial charge in [-0.1, -0.05) is 36.0 Å². The van der Waals surface area contributed by atoms with Crippen LogP contribution in [0.2, 0.25) is 10.0 Å².